The van der Waals surface area contributed by atoms with E-state index in [2.05, 4.69) is 5.32 Å². The SMILES string of the molecule is O=C1CCc2cc(OCC(=O)OCC(=O)N3CCCC3c3ccc4c(c3)OCCO4)ccc2N1. The maximum absolute atomic E-state index is 12.8. The van der Waals surface area contributed by atoms with Crippen LogP contribution in [0.1, 0.15) is 36.4 Å². The third-order valence-corrected chi connectivity index (χ3v) is 6.21. The molecular weight excluding hydrogens is 440 g/mol. The van der Waals surface area contributed by atoms with Gasteiger partial charge in [-0.3, -0.25) is 9.59 Å². The molecule has 0 saturated carbocycles. The van der Waals surface area contributed by atoms with Crippen LogP contribution in [0.5, 0.6) is 17.2 Å². The summed E-state index contributed by atoms with van der Waals surface area (Å²) in [7, 11) is 0. The molecule has 2 aromatic rings. The Balaban J connectivity index is 1.13. The van der Waals surface area contributed by atoms with Gasteiger partial charge < -0.3 is 29.2 Å². The number of hydrogen-bond acceptors (Lipinski definition) is 7. The number of carbonyl (C=O) groups excluding carboxylic acids is 3. The number of ether oxygens (including phenoxy) is 4. The summed E-state index contributed by atoms with van der Waals surface area (Å²) in [6.07, 6.45) is 2.75. The van der Waals surface area contributed by atoms with Gasteiger partial charge in [-0.25, -0.2) is 4.79 Å². The van der Waals surface area contributed by atoms with Crippen molar-refractivity contribution in [2.75, 3.05) is 38.3 Å². The second-order valence-electron chi connectivity index (χ2n) is 8.46. The Morgan fingerprint density at radius 2 is 1.88 bits per heavy atom. The molecule has 178 valence electrons. The molecule has 0 spiro atoms. The first-order valence-electron chi connectivity index (χ1n) is 11.5. The minimum absolute atomic E-state index is 0.0105. The number of hydrogen-bond donors (Lipinski definition) is 1. The highest BCUT2D eigenvalue weighted by molar-refractivity contribution is 5.94. The predicted octanol–water partition coefficient (Wildman–Crippen LogP) is 2.63. The second-order valence-corrected chi connectivity index (χ2v) is 8.46. The highest BCUT2D eigenvalue weighted by Gasteiger charge is 2.31. The Morgan fingerprint density at radius 3 is 2.76 bits per heavy atom. The number of esters is 1. The molecule has 34 heavy (non-hydrogen) atoms. The van der Waals surface area contributed by atoms with Crippen molar-refractivity contribution in [1.82, 2.24) is 4.90 Å². The van der Waals surface area contributed by atoms with Gasteiger partial charge in [-0.2, -0.15) is 0 Å². The van der Waals surface area contributed by atoms with Gasteiger partial charge in [0.1, 0.15) is 19.0 Å². The number of nitrogens with zero attached hydrogens (tertiary/aromatic N) is 1. The second kappa shape index (κ2) is 9.62. The van der Waals surface area contributed by atoms with Crippen molar-refractivity contribution in [3.05, 3.63) is 47.5 Å². The van der Waals surface area contributed by atoms with Gasteiger partial charge in [-0.15, -0.1) is 0 Å². The quantitative estimate of drug-likeness (QED) is 0.653. The third kappa shape index (κ3) is 4.78. The van der Waals surface area contributed by atoms with E-state index in [0.717, 1.165) is 29.7 Å². The maximum atomic E-state index is 12.8. The van der Waals surface area contributed by atoms with Crippen LogP contribution < -0.4 is 19.5 Å². The molecule has 0 aromatic heterocycles. The zero-order chi connectivity index (χ0) is 23.5. The fraction of sp³-hybridized carbons (Fsp3) is 0.400. The topological polar surface area (TPSA) is 103 Å². The normalized spacial score (nSPS) is 18.6. The predicted molar refractivity (Wildman–Crippen MR) is 121 cm³/mol. The molecule has 1 fully saturated rings. The van der Waals surface area contributed by atoms with E-state index in [1.54, 1.807) is 23.1 Å². The van der Waals surface area contributed by atoms with Gasteiger partial charge in [0.05, 0.1) is 6.04 Å². The first-order chi connectivity index (χ1) is 16.6. The molecule has 1 unspecified atom stereocenters. The standard InChI is InChI=1S/C25H26N2O7/c28-23-8-4-16-12-18(5-6-19(16)26-23)33-15-25(30)34-14-24(29)27-9-1-2-20(27)17-3-7-21-22(13-17)32-11-10-31-21/h3,5-7,12-13,20H,1-2,4,8-11,14-15H2,(H,26,28). The molecule has 3 heterocycles. The van der Waals surface area contributed by atoms with Gasteiger partial charge >= 0.3 is 5.97 Å². The largest absolute Gasteiger partial charge is 0.486 e. The maximum Gasteiger partial charge on any atom is 0.344 e. The number of aryl methyl sites for hydroxylation is 1. The summed E-state index contributed by atoms with van der Waals surface area (Å²) in [6, 6.07) is 10.9. The molecule has 3 aliphatic rings. The summed E-state index contributed by atoms with van der Waals surface area (Å²) >= 11 is 0. The van der Waals surface area contributed by atoms with E-state index >= 15 is 0 Å². The van der Waals surface area contributed by atoms with Crippen LogP contribution in [0.4, 0.5) is 5.69 Å². The van der Waals surface area contributed by atoms with E-state index in [4.69, 9.17) is 18.9 Å². The molecular formula is C25H26N2O7. The molecule has 0 aliphatic carbocycles. The Kier molecular flexibility index (Phi) is 6.24. The molecule has 5 rings (SSSR count). The molecule has 2 aromatic carbocycles. The zero-order valence-corrected chi connectivity index (χ0v) is 18.7. The van der Waals surface area contributed by atoms with Crippen molar-refractivity contribution < 1.29 is 33.3 Å². The number of fused-ring (bicyclic) bond motifs is 2. The minimum atomic E-state index is -0.616. The molecule has 1 atom stereocenters. The van der Waals surface area contributed by atoms with Gasteiger partial charge in [0.25, 0.3) is 5.91 Å². The average Bonchev–Trinajstić information content (AvgIpc) is 3.36. The summed E-state index contributed by atoms with van der Waals surface area (Å²) in [5, 5.41) is 2.80. The summed E-state index contributed by atoms with van der Waals surface area (Å²) in [5.41, 5.74) is 2.70. The van der Waals surface area contributed by atoms with E-state index in [-0.39, 0.29) is 31.1 Å². The molecule has 0 radical (unpaired) electrons. The summed E-state index contributed by atoms with van der Waals surface area (Å²) in [4.78, 5) is 38.2. The first-order valence-corrected chi connectivity index (χ1v) is 11.5. The van der Waals surface area contributed by atoms with Crippen molar-refractivity contribution in [3.8, 4) is 17.2 Å². The first kappa shape index (κ1) is 22.1. The van der Waals surface area contributed by atoms with Gasteiger partial charge in [-0.1, -0.05) is 6.07 Å². The molecule has 1 N–H and O–H groups in total. The Labute approximate surface area is 196 Å². The van der Waals surface area contributed by atoms with Crippen LogP contribution in [0, 0.1) is 0 Å². The Morgan fingerprint density at radius 1 is 1.03 bits per heavy atom. The lowest BCUT2D eigenvalue weighted by atomic mass is 10.0. The summed E-state index contributed by atoms with van der Waals surface area (Å²) in [6.45, 7) is 1.01. The van der Waals surface area contributed by atoms with Crippen LogP contribution in [0.15, 0.2) is 36.4 Å². The number of carbonyl (C=O) groups is 3. The third-order valence-electron chi connectivity index (χ3n) is 6.21. The Bertz CT molecular complexity index is 1120. The van der Waals surface area contributed by atoms with Gasteiger partial charge in [-0.05, 0) is 60.7 Å². The van der Waals surface area contributed by atoms with Crippen LogP contribution in [0.3, 0.4) is 0 Å². The number of nitrogens with one attached hydrogen (secondary N) is 1. The Hall–Kier alpha value is -3.75. The van der Waals surface area contributed by atoms with Crippen molar-refractivity contribution in [3.63, 3.8) is 0 Å². The lowest BCUT2D eigenvalue weighted by molar-refractivity contribution is -0.154. The lowest BCUT2D eigenvalue weighted by Gasteiger charge is -2.26. The van der Waals surface area contributed by atoms with Gasteiger partial charge in [0.15, 0.2) is 24.7 Å². The number of likely N-dealkylation sites (tertiary alicyclic amines) is 1. The number of benzene rings is 2. The minimum Gasteiger partial charge on any atom is -0.486 e. The number of anilines is 1. The molecule has 9 heteroatoms. The van der Waals surface area contributed by atoms with Crippen LogP contribution in [-0.4, -0.2) is 55.7 Å². The van der Waals surface area contributed by atoms with E-state index in [1.165, 1.54) is 0 Å². The smallest absolute Gasteiger partial charge is 0.344 e. The molecule has 9 nitrogen and oxygen atoms in total. The highest BCUT2D eigenvalue weighted by atomic mass is 16.6. The fourth-order valence-electron chi connectivity index (χ4n) is 4.54. The van der Waals surface area contributed by atoms with Crippen LogP contribution >= 0.6 is 0 Å². The molecule has 2 amide bonds. The average molecular weight is 466 g/mol. The van der Waals surface area contributed by atoms with Crippen molar-refractivity contribution >= 4 is 23.5 Å². The van der Waals surface area contributed by atoms with Gasteiger partial charge in [0, 0.05) is 18.7 Å². The monoisotopic (exact) mass is 466 g/mol. The van der Waals surface area contributed by atoms with E-state index in [9.17, 15) is 14.4 Å². The molecule has 0 bridgehead atoms. The van der Waals surface area contributed by atoms with E-state index in [0.29, 0.717) is 49.8 Å². The van der Waals surface area contributed by atoms with Crippen LogP contribution in [0.25, 0.3) is 0 Å². The molecule has 1 saturated heterocycles. The van der Waals surface area contributed by atoms with Crippen molar-refractivity contribution in [2.24, 2.45) is 0 Å². The fourth-order valence-corrected chi connectivity index (χ4v) is 4.54. The number of rotatable bonds is 6. The summed E-state index contributed by atoms with van der Waals surface area (Å²) in [5.74, 6) is 1.05. The van der Waals surface area contributed by atoms with Crippen molar-refractivity contribution in [1.29, 1.82) is 0 Å². The van der Waals surface area contributed by atoms with Crippen LogP contribution in [-0.2, 0) is 25.5 Å². The van der Waals surface area contributed by atoms with E-state index < -0.39 is 5.97 Å². The lowest BCUT2D eigenvalue weighted by Crippen LogP contribution is -2.34. The summed E-state index contributed by atoms with van der Waals surface area (Å²) < 4.78 is 21.9. The number of amides is 2. The van der Waals surface area contributed by atoms with Gasteiger partial charge in [0.2, 0.25) is 5.91 Å². The molecule has 3 aliphatic heterocycles. The van der Waals surface area contributed by atoms with Crippen LogP contribution in [0.2, 0.25) is 0 Å². The zero-order valence-electron chi connectivity index (χ0n) is 18.7. The van der Waals surface area contributed by atoms with Crippen molar-refractivity contribution in [2.45, 2.75) is 31.7 Å². The van der Waals surface area contributed by atoms with E-state index in [1.807, 2.05) is 18.2 Å². The highest BCUT2D eigenvalue weighted by Crippen LogP contribution is 2.38.